The number of para-hydroxylation sites is 1. The number of imidazole rings is 1. The number of aromatic nitrogens is 2. The van der Waals surface area contributed by atoms with Crippen molar-refractivity contribution in [1.29, 1.82) is 0 Å². The van der Waals surface area contributed by atoms with Gasteiger partial charge in [0, 0.05) is 12.1 Å². The van der Waals surface area contributed by atoms with Gasteiger partial charge in [0.25, 0.3) is 0 Å². The maximum atomic E-state index is 12.2. The summed E-state index contributed by atoms with van der Waals surface area (Å²) in [5.74, 6) is 0.471. The van der Waals surface area contributed by atoms with E-state index in [2.05, 4.69) is 20.6 Å². The number of nitrogens with zero attached hydrogens (tertiary/aromatic N) is 1. The molecular weight excluding hydrogens is 328 g/mol. The normalized spacial score (nSPS) is 12.9. The number of hydrogen-bond donors (Lipinski definition) is 3. The predicted octanol–water partition coefficient (Wildman–Crippen LogP) is 3.33. The van der Waals surface area contributed by atoms with Crippen molar-refractivity contribution in [2.24, 2.45) is 0 Å². The molecule has 0 bridgehead atoms. The van der Waals surface area contributed by atoms with E-state index in [0.717, 1.165) is 46.3 Å². The third kappa shape index (κ3) is 3.31. The lowest BCUT2D eigenvalue weighted by Gasteiger charge is -2.05. The van der Waals surface area contributed by atoms with Crippen LogP contribution in [-0.4, -0.2) is 21.8 Å². The van der Waals surface area contributed by atoms with Crippen LogP contribution in [0.3, 0.4) is 0 Å². The molecule has 0 saturated carbocycles. The zero-order valence-electron chi connectivity index (χ0n) is 14.6. The second-order valence-electron chi connectivity index (χ2n) is 6.67. The first-order valence-corrected chi connectivity index (χ1v) is 8.75. The number of aromatic amines is 1. The van der Waals surface area contributed by atoms with Gasteiger partial charge in [0.2, 0.25) is 17.8 Å². The molecule has 0 spiro atoms. The molecule has 1 aromatic heterocycles. The molecule has 0 atom stereocenters. The minimum absolute atomic E-state index is 0.0394. The number of carbonyl (C=O) groups excluding carboxylic acids is 2. The van der Waals surface area contributed by atoms with E-state index in [-0.39, 0.29) is 11.8 Å². The Morgan fingerprint density at radius 1 is 1.27 bits per heavy atom. The highest BCUT2D eigenvalue weighted by atomic mass is 16.2. The molecule has 4 rings (SSSR count). The van der Waals surface area contributed by atoms with E-state index in [1.54, 1.807) is 0 Å². The summed E-state index contributed by atoms with van der Waals surface area (Å²) in [6.07, 6.45) is 2.40. The van der Waals surface area contributed by atoms with Crippen molar-refractivity contribution in [2.75, 3.05) is 10.6 Å². The van der Waals surface area contributed by atoms with Crippen molar-refractivity contribution >= 4 is 34.5 Å². The predicted molar refractivity (Wildman–Crippen MR) is 101 cm³/mol. The molecule has 1 aliphatic heterocycles. The average Bonchev–Trinajstić information content (AvgIpc) is 3.17. The van der Waals surface area contributed by atoms with Gasteiger partial charge in [-0.2, -0.15) is 0 Å². The lowest BCUT2D eigenvalue weighted by molar-refractivity contribution is -0.116. The molecule has 132 valence electrons. The summed E-state index contributed by atoms with van der Waals surface area (Å²) in [5.41, 5.74) is 5.95. The third-order valence-electron chi connectivity index (χ3n) is 4.64. The van der Waals surface area contributed by atoms with Gasteiger partial charge in [0.05, 0.1) is 17.5 Å². The number of amides is 2. The Morgan fingerprint density at radius 2 is 2.15 bits per heavy atom. The molecule has 6 nitrogen and oxygen atoms in total. The molecule has 1 aliphatic rings. The monoisotopic (exact) mass is 348 g/mol. The first kappa shape index (κ1) is 16.3. The molecule has 0 unspecified atom stereocenters. The number of carbonyl (C=O) groups is 2. The maximum Gasteiger partial charge on any atom is 0.228 e. The molecule has 3 aromatic rings. The Hall–Kier alpha value is -3.15. The lowest BCUT2D eigenvalue weighted by atomic mass is 10.0. The van der Waals surface area contributed by atoms with Gasteiger partial charge in [-0.1, -0.05) is 24.3 Å². The van der Waals surface area contributed by atoms with Crippen LogP contribution in [0.2, 0.25) is 0 Å². The van der Waals surface area contributed by atoms with Crippen molar-refractivity contribution < 1.29 is 9.59 Å². The van der Waals surface area contributed by atoms with Gasteiger partial charge in [-0.25, -0.2) is 4.98 Å². The molecule has 6 heteroatoms. The highest BCUT2D eigenvalue weighted by Gasteiger charge is 2.17. The first-order valence-electron chi connectivity index (χ1n) is 8.75. The number of rotatable bonds is 5. The van der Waals surface area contributed by atoms with E-state index in [1.165, 1.54) is 0 Å². The number of H-pyrrole nitrogens is 1. The fraction of sp³-hybridized carbons (Fsp3) is 0.250. The number of fused-ring (bicyclic) bond motifs is 2. The van der Waals surface area contributed by atoms with Gasteiger partial charge < -0.3 is 10.3 Å². The van der Waals surface area contributed by atoms with Crippen LogP contribution in [0, 0.1) is 6.92 Å². The minimum atomic E-state index is -0.0558. The molecule has 3 N–H and O–H groups in total. The highest BCUT2D eigenvalue weighted by Crippen LogP contribution is 2.24. The summed E-state index contributed by atoms with van der Waals surface area (Å²) in [6.45, 7) is 1.99. The Balaban J connectivity index is 1.32. The number of nitrogens with one attached hydrogen (secondary N) is 3. The Morgan fingerprint density at radius 3 is 3.00 bits per heavy atom. The van der Waals surface area contributed by atoms with E-state index in [9.17, 15) is 9.59 Å². The number of anilines is 2. The van der Waals surface area contributed by atoms with E-state index in [0.29, 0.717) is 18.8 Å². The van der Waals surface area contributed by atoms with Crippen LogP contribution >= 0.6 is 0 Å². The topological polar surface area (TPSA) is 86.9 Å². The van der Waals surface area contributed by atoms with Crippen molar-refractivity contribution in [3.63, 3.8) is 0 Å². The second kappa shape index (κ2) is 6.63. The summed E-state index contributed by atoms with van der Waals surface area (Å²) in [4.78, 5) is 31.1. The second-order valence-corrected chi connectivity index (χ2v) is 6.67. The lowest BCUT2D eigenvalue weighted by Crippen LogP contribution is -2.12. The van der Waals surface area contributed by atoms with Crippen LogP contribution in [0.4, 0.5) is 11.6 Å². The molecule has 0 aliphatic carbocycles. The van der Waals surface area contributed by atoms with Gasteiger partial charge in [0.15, 0.2) is 0 Å². The zero-order chi connectivity index (χ0) is 18.1. The zero-order valence-corrected chi connectivity index (χ0v) is 14.6. The van der Waals surface area contributed by atoms with Crippen LogP contribution in [0.15, 0.2) is 36.4 Å². The Bertz CT molecular complexity index is 1010. The van der Waals surface area contributed by atoms with Crippen LogP contribution in [0.25, 0.3) is 11.0 Å². The standard InChI is InChI=1S/C20H20N4O2/c1-12-4-2-6-16-19(12)24-20(22-16)23-17(25)7-3-5-13-8-9-15-14(10-13)11-18(26)21-15/h2,4,6,8-10H,3,5,7,11H2,1H3,(H,21,26)(H2,22,23,24,25). The molecular formula is C20H20N4O2. The molecule has 2 amide bonds. The number of aryl methyl sites for hydroxylation is 2. The SMILES string of the molecule is Cc1cccc2[nH]c(NC(=O)CCCc3ccc4c(c3)CC(=O)N4)nc12. The van der Waals surface area contributed by atoms with Crippen molar-refractivity contribution in [2.45, 2.75) is 32.6 Å². The summed E-state index contributed by atoms with van der Waals surface area (Å²) < 4.78 is 0. The van der Waals surface area contributed by atoms with Crippen molar-refractivity contribution in [1.82, 2.24) is 9.97 Å². The van der Waals surface area contributed by atoms with Crippen LogP contribution in [0.5, 0.6) is 0 Å². The van der Waals surface area contributed by atoms with Crippen LogP contribution < -0.4 is 10.6 Å². The molecule has 0 saturated heterocycles. The van der Waals surface area contributed by atoms with E-state index < -0.39 is 0 Å². The third-order valence-corrected chi connectivity index (χ3v) is 4.64. The Kier molecular flexibility index (Phi) is 4.16. The van der Waals surface area contributed by atoms with Crippen molar-refractivity contribution in [3.05, 3.63) is 53.1 Å². The quantitative estimate of drug-likeness (QED) is 0.661. The van der Waals surface area contributed by atoms with Gasteiger partial charge in [0.1, 0.15) is 0 Å². The van der Waals surface area contributed by atoms with Crippen molar-refractivity contribution in [3.8, 4) is 0 Å². The van der Waals surface area contributed by atoms with Gasteiger partial charge in [-0.15, -0.1) is 0 Å². The van der Waals surface area contributed by atoms with E-state index >= 15 is 0 Å². The maximum absolute atomic E-state index is 12.2. The molecule has 0 fully saturated rings. The molecule has 0 radical (unpaired) electrons. The first-order chi connectivity index (χ1) is 12.6. The smallest absolute Gasteiger partial charge is 0.228 e. The fourth-order valence-corrected chi connectivity index (χ4v) is 3.32. The van der Waals surface area contributed by atoms with E-state index in [4.69, 9.17) is 0 Å². The minimum Gasteiger partial charge on any atom is -0.326 e. The summed E-state index contributed by atoms with van der Waals surface area (Å²) in [5, 5.41) is 5.66. The summed E-state index contributed by atoms with van der Waals surface area (Å²) in [6, 6.07) is 11.9. The summed E-state index contributed by atoms with van der Waals surface area (Å²) in [7, 11) is 0. The van der Waals surface area contributed by atoms with Gasteiger partial charge in [-0.3, -0.25) is 14.9 Å². The van der Waals surface area contributed by atoms with Crippen LogP contribution in [0.1, 0.15) is 29.5 Å². The van der Waals surface area contributed by atoms with Crippen LogP contribution in [-0.2, 0) is 22.4 Å². The largest absolute Gasteiger partial charge is 0.326 e. The Labute approximate surface area is 151 Å². The molecule has 2 aromatic carbocycles. The number of hydrogen-bond acceptors (Lipinski definition) is 3. The number of benzene rings is 2. The fourth-order valence-electron chi connectivity index (χ4n) is 3.32. The average molecular weight is 348 g/mol. The van der Waals surface area contributed by atoms with Gasteiger partial charge >= 0.3 is 0 Å². The molecule has 26 heavy (non-hydrogen) atoms. The molecule has 2 heterocycles. The summed E-state index contributed by atoms with van der Waals surface area (Å²) >= 11 is 0. The van der Waals surface area contributed by atoms with Gasteiger partial charge in [-0.05, 0) is 48.6 Å². The van der Waals surface area contributed by atoms with E-state index in [1.807, 2.05) is 43.3 Å². The highest BCUT2D eigenvalue weighted by molar-refractivity contribution is 5.99.